The molecule has 6 heteroatoms. The molecule has 140 valence electrons. The minimum absolute atomic E-state index is 0.530. The second-order valence-corrected chi connectivity index (χ2v) is 8.19. The van der Waals surface area contributed by atoms with Crippen molar-refractivity contribution in [2.75, 3.05) is 51.2 Å². The van der Waals surface area contributed by atoms with Gasteiger partial charge in [-0.1, -0.05) is 6.92 Å². The lowest BCUT2D eigenvalue weighted by atomic mass is 10.1. The largest absolute Gasteiger partial charge is 0.363 e. The Morgan fingerprint density at radius 2 is 2.12 bits per heavy atom. The fourth-order valence-corrected chi connectivity index (χ4v) is 4.71. The molecule has 1 unspecified atom stereocenters. The summed E-state index contributed by atoms with van der Waals surface area (Å²) in [5, 5.41) is 10.8. The Morgan fingerprint density at radius 1 is 1.28 bits per heavy atom. The second-order valence-electron chi connectivity index (χ2n) is 7.27. The molecule has 3 heterocycles. The minimum atomic E-state index is 0.530. The zero-order valence-corrected chi connectivity index (χ0v) is 16.5. The number of anilines is 1. The maximum Gasteiger partial charge on any atom is 0.191 e. The lowest BCUT2D eigenvalue weighted by molar-refractivity contribution is 0.324. The van der Waals surface area contributed by atoms with Gasteiger partial charge in [-0.2, -0.15) is 0 Å². The van der Waals surface area contributed by atoms with Gasteiger partial charge in [-0.25, -0.2) is 0 Å². The molecular formula is C19H33N5S. The van der Waals surface area contributed by atoms with Crippen molar-refractivity contribution in [2.45, 2.75) is 38.6 Å². The fourth-order valence-electron chi connectivity index (χ4n) is 3.92. The first-order valence-electron chi connectivity index (χ1n) is 9.76. The molecule has 0 radical (unpaired) electrons. The first-order chi connectivity index (χ1) is 12.3. The number of nitrogens with one attached hydrogen (secondary N) is 2. The van der Waals surface area contributed by atoms with Gasteiger partial charge < -0.3 is 20.4 Å². The SMILES string of the molecule is CCCN1CCC(CNC(=NC)NC2CCN(c3cccs3)CC2)C1. The van der Waals surface area contributed by atoms with Crippen LogP contribution in [0.25, 0.3) is 0 Å². The molecule has 1 aromatic rings. The number of likely N-dealkylation sites (tertiary alicyclic amines) is 1. The van der Waals surface area contributed by atoms with Crippen molar-refractivity contribution in [1.82, 2.24) is 15.5 Å². The molecule has 0 bridgehead atoms. The molecule has 0 aliphatic carbocycles. The summed E-state index contributed by atoms with van der Waals surface area (Å²) in [6.45, 7) is 9.29. The Kier molecular flexibility index (Phi) is 6.99. The molecule has 1 atom stereocenters. The molecule has 2 aliphatic heterocycles. The van der Waals surface area contributed by atoms with Crippen LogP contribution in [0.2, 0.25) is 0 Å². The molecule has 25 heavy (non-hydrogen) atoms. The molecule has 2 aliphatic rings. The van der Waals surface area contributed by atoms with Crippen LogP contribution in [-0.4, -0.2) is 63.2 Å². The second kappa shape index (κ2) is 9.43. The molecule has 1 aromatic heterocycles. The van der Waals surface area contributed by atoms with Gasteiger partial charge in [0.2, 0.25) is 0 Å². The van der Waals surface area contributed by atoms with Crippen molar-refractivity contribution >= 4 is 22.3 Å². The van der Waals surface area contributed by atoms with Gasteiger partial charge in [0.1, 0.15) is 0 Å². The van der Waals surface area contributed by atoms with Gasteiger partial charge in [-0.3, -0.25) is 4.99 Å². The molecule has 5 nitrogen and oxygen atoms in total. The monoisotopic (exact) mass is 363 g/mol. The van der Waals surface area contributed by atoms with Crippen molar-refractivity contribution < 1.29 is 0 Å². The quantitative estimate of drug-likeness (QED) is 0.602. The van der Waals surface area contributed by atoms with Gasteiger partial charge in [-0.15, -0.1) is 11.3 Å². The Balaban J connectivity index is 1.37. The van der Waals surface area contributed by atoms with Crippen molar-refractivity contribution in [3.8, 4) is 0 Å². The molecular weight excluding hydrogens is 330 g/mol. The lowest BCUT2D eigenvalue weighted by Gasteiger charge is -2.33. The van der Waals surface area contributed by atoms with Crippen LogP contribution in [0.5, 0.6) is 0 Å². The van der Waals surface area contributed by atoms with Gasteiger partial charge in [0.05, 0.1) is 5.00 Å². The predicted molar refractivity (Wildman–Crippen MR) is 109 cm³/mol. The van der Waals surface area contributed by atoms with Gasteiger partial charge in [0.25, 0.3) is 0 Å². The van der Waals surface area contributed by atoms with E-state index in [1.54, 1.807) is 0 Å². The number of aliphatic imine (C=N–C) groups is 1. The fraction of sp³-hybridized carbons (Fsp3) is 0.737. The Morgan fingerprint density at radius 3 is 2.80 bits per heavy atom. The van der Waals surface area contributed by atoms with E-state index in [0.717, 1.165) is 31.5 Å². The third kappa shape index (κ3) is 5.35. The molecule has 0 amide bonds. The first kappa shape index (κ1) is 18.5. The third-order valence-corrected chi connectivity index (χ3v) is 6.27. The van der Waals surface area contributed by atoms with Gasteiger partial charge in [0.15, 0.2) is 5.96 Å². The smallest absolute Gasteiger partial charge is 0.191 e. The van der Waals surface area contributed by atoms with E-state index >= 15 is 0 Å². The van der Waals surface area contributed by atoms with Crippen LogP contribution in [0, 0.1) is 5.92 Å². The number of thiophene rings is 1. The topological polar surface area (TPSA) is 42.9 Å². The van der Waals surface area contributed by atoms with Gasteiger partial charge in [0, 0.05) is 39.3 Å². The highest BCUT2D eigenvalue weighted by Gasteiger charge is 2.23. The highest BCUT2D eigenvalue weighted by Crippen LogP contribution is 2.24. The number of piperidine rings is 1. The van der Waals surface area contributed by atoms with E-state index in [4.69, 9.17) is 0 Å². The number of rotatable bonds is 6. The normalized spacial score (nSPS) is 23.2. The van der Waals surface area contributed by atoms with Gasteiger partial charge in [-0.05, 0) is 62.2 Å². The van der Waals surface area contributed by atoms with E-state index in [1.165, 1.54) is 50.3 Å². The third-order valence-electron chi connectivity index (χ3n) is 5.35. The average Bonchev–Trinajstić information content (AvgIpc) is 3.31. The van der Waals surface area contributed by atoms with Crippen molar-refractivity contribution in [3.63, 3.8) is 0 Å². The maximum absolute atomic E-state index is 4.44. The van der Waals surface area contributed by atoms with Crippen LogP contribution >= 0.6 is 11.3 Å². The van der Waals surface area contributed by atoms with Crippen LogP contribution in [0.4, 0.5) is 5.00 Å². The van der Waals surface area contributed by atoms with E-state index in [2.05, 4.69) is 49.9 Å². The summed E-state index contributed by atoms with van der Waals surface area (Å²) in [5.41, 5.74) is 0. The van der Waals surface area contributed by atoms with E-state index < -0.39 is 0 Å². The van der Waals surface area contributed by atoms with Crippen molar-refractivity contribution in [1.29, 1.82) is 0 Å². The van der Waals surface area contributed by atoms with Gasteiger partial charge >= 0.3 is 0 Å². The molecule has 2 fully saturated rings. The van der Waals surface area contributed by atoms with E-state index in [9.17, 15) is 0 Å². The number of guanidine groups is 1. The standard InChI is InChI=1S/C19H33N5S/c1-3-9-23-10-6-16(15-23)14-21-19(20-2)22-17-7-11-24(12-8-17)18-5-4-13-25-18/h4-5,13,16-17H,3,6-12,14-15H2,1-2H3,(H2,20,21,22). The summed E-state index contributed by atoms with van der Waals surface area (Å²) < 4.78 is 0. The zero-order valence-electron chi connectivity index (χ0n) is 15.7. The summed E-state index contributed by atoms with van der Waals surface area (Å²) in [4.78, 5) is 9.52. The van der Waals surface area contributed by atoms with Crippen LogP contribution in [-0.2, 0) is 0 Å². The molecule has 3 rings (SSSR count). The summed E-state index contributed by atoms with van der Waals surface area (Å²) >= 11 is 1.84. The highest BCUT2D eigenvalue weighted by molar-refractivity contribution is 7.14. The van der Waals surface area contributed by atoms with Crippen LogP contribution in [0.3, 0.4) is 0 Å². The van der Waals surface area contributed by atoms with E-state index in [1.807, 2.05) is 18.4 Å². The molecule has 0 spiro atoms. The van der Waals surface area contributed by atoms with Crippen LogP contribution in [0.1, 0.15) is 32.6 Å². The first-order valence-corrected chi connectivity index (χ1v) is 10.6. The highest BCUT2D eigenvalue weighted by atomic mass is 32.1. The molecule has 0 aromatic carbocycles. The average molecular weight is 364 g/mol. The zero-order chi connectivity index (χ0) is 17.5. The summed E-state index contributed by atoms with van der Waals surface area (Å²) in [7, 11) is 1.88. The van der Waals surface area contributed by atoms with E-state index in [-0.39, 0.29) is 0 Å². The number of hydrogen-bond donors (Lipinski definition) is 2. The van der Waals surface area contributed by atoms with Crippen LogP contribution in [0.15, 0.2) is 22.5 Å². The molecule has 0 saturated carbocycles. The maximum atomic E-state index is 4.44. The van der Waals surface area contributed by atoms with Crippen molar-refractivity contribution in [3.05, 3.63) is 17.5 Å². The Hall–Kier alpha value is -1.27. The number of nitrogens with zero attached hydrogens (tertiary/aromatic N) is 3. The van der Waals surface area contributed by atoms with Crippen LogP contribution < -0.4 is 15.5 Å². The van der Waals surface area contributed by atoms with E-state index in [0.29, 0.717) is 6.04 Å². The van der Waals surface area contributed by atoms with Crippen molar-refractivity contribution in [2.24, 2.45) is 10.9 Å². The summed E-state index contributed by atoms with van der Waals surface area (Å²) in [6.07, 6.45) is 4.91. The lowest BCUT2D eigenvalue weighted by Crippen LogP contribution is -2.49. The predicted octanol–water partition coefficient (Wildman–Crippen LogP) is 2.61. The minimum Gasteiger partial charge on any atom is -0.363 e. The summed E-state index contributed by atoms with van der Waals surface area (Å²) in [5.74, 6) is 1.73. The number of hydrogen-bond acceptors (Lipinski definition) is 4. The molecule has 2 N–H and O–H groups in total. The Labute approximate surface area is 156 Å². The Bertz CT molecular complexity index is 522. The summed E-state index contributed by atoms with van der Waals surface area (Å²) in [6, 6.07) is 4.89. The molecule has 2 saturated heterocycles.